The number of H-pyrrole nitrogens is 1. The van der Waals surface area contributed by atoms with Gasteiger partial charge in [0.1, 0.15) is 18.3 Å². The number of imidazole rings is 1. The molecule has 14 heteroatoms. The van der Waals surface area contributed by atoms with Gasteiger partial charge in [0, 0.05) is 0 Å². The average Bonchev–Trinajstić information content (AvgIpc) is 2.96. The Labute approximate surface area is 147 Å². The minimum absolute atomic E-state index is 0.0214. The van der Waals surface area contributed by atoms with Gasteiger partial charge in [-0.05, 0) is 27.7 Å². The summed E-state index contributed by atoms with van der Waals surface area (Å²) in [6.45, 7) is -3.43. The number of nitrogen functional groups attached to an aromatic ring is 1. The molecule has 5 atom stereocenters. The van der Waals surface area contributed by atoms with E-state index in [2.05, 4.69) is 30.9 Å². The summed E-state index contributed by atoms with van der Waals surface area (Å²) in [5.74, 6) is -0.100. The van der Waals surface area contributed by atoms with Crippen LogP contribution in [-0.4, -0.2) is 54.4 Å². The van der Waals surface area contributed by atoms with Crippen molar-refractivity contribution in [1.82, 2.24) is 19.5 Å². The first-order valence-electron chi connectivity index (χ1n) is 6.69. The summed E-state index contributed by atoms with van der Waals surface area (Å²) in [4.78, 5) is 32.2. The first-order chi connectivity index (χ1) is 11.3. The van der Waals surface area contributed by atoms with Gasteiger partial charge in [0.25, 0.3) is 5.56 Å². The lowest BCUT2D eigenvalue weighted by Crippen LogP contribution is -2.39. The molecule has 0 amide bonds. The van der Waals surface area contributed by atoms with Crippen molar-refractivity contribution in [3.05, 3.63) is 15.1 Å². The number of aromatic amines is 1. The van der Waals surface area contributed by atoms with Crippen molar-refractivity contribution in [3.63, 3.8) is 0 Å². The standard InChI is InChI=1S/C10H11BrN5O6PS/c11-9-13-3-6(14-10(12)15-7(3)18)16(9)8-4(17)5-2(21-8)1-20-23(19,24)22-5/h2,4-5,8,17H,1H2,(H,19,24)(H3,12,14,15,18)/t2-,4-,5-,8-,23?/m1/s1. The van der Waals surface area contributed by atoms with Crippen LogP contribution in [0.15, 0.2) is 9.53 Å². The predicted octanol–water partition coefficient (Wildman–Crippen LogP) is -0.645. The van der Waals surface area contributed by atoms with Gasteiger partial charge in [0.2, 0.25) is 5.95 Å². The van der Waals surface area contributed by atoms with Crippen LogP contribution in [0.1, 0.15) is 6.23 Å². The van der Waals surface area contributed by atoms with Crippen molar-refractivity contribution < 1.29 is 23.8 Å². The van der Waals surface area contributed by atoms with Crippen LogP contribution in [-0.2, 0) is 25.6 Å². The second kappa shape index (κ2) is 5.54. The van der Waals surface area contributed by atoms with Crippen molar-refractivity contribution in [2.75, 3.05) is 12.3 Å². The van der Waals surface area contributed by atoms with E-state index in [1.54, 1.807) is 0 Å². The van der Waals surface area contributed by atoms with E-state index in [0.717, 1.165) is 0 Å². The van der Waals surface area contributed by atoms with Gasteiger partial charge in [-0.15, -0.1) is 0 Å². The van der Waals surface area contributed by atoms with Gasteiger partial charge in [-0.1, -0.05) is 0 Å². The number of fused-ring (bicyclic) bond motifs is 2. The van der Waals surface area contributed by atoms with Gasteiger partial charge in [0.15, 0.2) is 22.1 Å². The Morgan fingerprint density at radius 2 is 2.25 bits per heavy atom. The summed E-state index contributed by atoms with van der Waals surface area (Å²) in [6, 6.07) is 0. The molecule has 4 heterocycles. The number of nitrogens with one attached hydrogen (secondary N) is 1. The Kier molecular flexibility index (Phi) is 3.82. The molecule has 0 saturated carbocycles. The molecule has 2 aliphatic heterocycles. The second-order valence-corrected chi connectivity index (χ2v) is 8.76. The number of ether oxygens (including phenoxy) is 1. The fourth-order valence-electron chi connectivity index (χ4n) is 2.75. The molecule has 5 N–H and O–H groups in total. The number of hydrogen-bond acceptors (Lipinski definition) is 9. The van der Waals surface area contributed by atoms with Crippen LogP contribution in [0.4, 0.5) is 5.95 Å². The Balaban J connectivity index is 1.80. The van der Waals surface area contributed by atoms with Crippen LogP contribution in [0.3, 0.4) is 0 Å². The highest BCUT2D eigenvalue weighted by atomic mass is 79.9. The summed E-state index contributed by atoms with van der Waals surface area (Å²) in [7, 11) is 0. The van der Waals surface area contributed by atoms with Crippen molar-refractivity contribution in [2.45, 2.75) is 24.5 Å². The first-order valence-corrected chi connectivity index (χ1v) is 10.1. The lowest BCUT2D eigenvalue weighted by atomic mass is 10.1. The molecule has 0 spiro atoms. The zero-order valence-electron chi connectivity index (χ0n) is 11.7. The zero-order valence-corrected chi connectivity index (χ0v) is 15.0. The van der Waals surface area contributed by atoms with Gasteiger partial charge in [0.05, 0.1) is 6.61 Å². The van der Waals surface area contributed by atoms with Crippen LogP contribution >= 0.6 is 22.6 Å². The highest BCUT2D eigenvalue weighted by Gasteiger charge is 2.51. The quantitative estimate of drug-likeness (QED) is 0.332. The number of halogens is 1. The number of rotatable bonds is 1. The van der Waals surface area contributed by atoms with Crippen LogP contribution in [0.25, 0.3) is 11.2 Å². The molecule has 11 nitrogen and oxygen atoms in total. The minimum atomic E-state index is -3.41. The van der Waals surface area contributed by atoms with E-state index < -0.39 is 36.8 Å². The number of nitrogens with zero attached hydrogens (tertiary/aromatic N) is 3. The van der Waals surface area contributed by atoms with Crippen molar-refractivity contribution in [1.29, 1.82) is 0 Å². The summed E-state index contributed by atoms with van der Waals surface area (Å²) in [5, 5.41) is 10.6. The second-order valence-electron chi connectivity index (χ2n) is 5.26. The van der Waals surface area contributed by atoms with Crippen LogP contribution in [0.5, 0.6) is 0 Å². The van der Waals surface area contributed by atoms with Gasteiger partial charge < -0.3 is 25.0 Å². The maximum Gasteiger partial charge on any atom is 0.325 e. The molecule has 130 valence electrons. The third-order valence-electron chi connectivity index (χ3n) is 3.75. The normalized spacial score (nSPS) is 36.1. The largest absolute Gasteiger partial charge is 0.386 e. The molecule has 0 aromatic carbocycles. The van der Waals surface area contributed by atoms with Crippen LogP contribution in [0.2, 0.25) is 0 Å². The molecule has 2 aliphatic rings. The fourth-order valence-corrected chi connectivity index (χ4v) is 4.74. The summed E-state index contributed by atoms with van der Waals surface area (Å²) in [5.41, 5.74) is 5.22. The van der Waals surface area contributed by atoms with Crippen molar-refractivity contribution >= 4 is 51.6 Å². The highest BCUT2D eigenvalue weighted by molar-refractivity contribution is 9.10. The number of anilines is 1. The van der Waals surface area contributed by atoms with Crippen molar-refractivity contribution in [3.8, 4) is 0 Å². The maximum absolute atomic E-state index is 11.9. The van der Waals surface area contributed by atoms with E-state index in [9.17, 15) is 14.8 Å². The molecule has 24 heavy (non-hydrogen) atoms. The van der Waals surface area contributed by atoms with Crippen LogP contribution in [0, 0.1) is 0 Å². The maximum atomic E-state index is 11.9. The summed E-state index contributed by atoms with van der Waals surface area (Å²) >= 11 is 8.02. The zero-order chi connectivity index (χ0) is 17.2. The first kappa shape index (κ1) is 16.5. The van der Waals surface area contributed by atoms with E-state index >= 15 is 0 Å². The van der Waals surface area contributed by atoms with Gasteiger partial charge in [-0.3, -0.25) is 18.9 Å². The molecule has 0 bridgehead atoms. The lowest BCUT2D eigenvalue weighted by molar-refractivity contribution is -0.0600. The van der Waals surface area contributed by atoms with E-state index in [1.807, 2.05) is 0 Å². The smallest absolute Gasteiger partial charge is 0.325 e. The Hall–Kier alpha value is -0.920. The number of aliphatic hydroxyl groups excluding tert-OH is 1. The fraction of sp³-hybridized carbons (Fsp3) is 0.500. The molecule has 2 aromatic heterocycles. The molecule has 2 fully saturated rings. The molecule has 4 rings (SSSR count). The summed E-state index contributed by atoms with van der Waals surface area (Å²) < 4.78 is 17.6. The summed E-state index contributed by atoms with van der Waals surface area (Å²) in [6.07, 6.45) is -3.69. The van der Waals surface area contributed by atoms with Crippen molar-refractivity contribution in [2.24, 2.45) is 0 Å². The Morgan fingerprint density at radius 1 is 1.50 bits per heavy atom. The van der Waals surface area contributed by atoms with Crippen LogP contribution < -0.4 is 11.3 Å². The topological polar surface area (TPSA) is 158 Å². The molecule has 1 unspecified atom stereocenters. The van der Waals surface area contributed by atoms with E-state index in [1.165, 1.54) is 4.57 Å². The van der Waals surface area contributed by atoms with E-state index in [-0.39, 0.29) is 28.5 Å². The molecule has 2 saturated heterocycles. The molecular weight excluding hydrogens is 429 g/mol. The Morgan fingerprint density at radius 3 is 3.00 bits per heavy atom. The Bertz CT molecular complexity index is 934. The minimum Gasteiger partial charge on any atom is -0.386 e. The molecule has 2 aromatic rings. The number of aromatic nitrogens is 4. The van der Waals surface area contributed by atoms with E-state index in [4.69, 9.17) is 31.3 Å². The third kappa shape index (κ3) is 2.52. The third-order valence-corrected chi connectivity index (χ3v) is 5.87. The molecule has 0 radical (unpaired) electrons. The van der Waals surface area contributed by atoms with E-state index in [0.29, 0.717) is 0 Å². The van der Waals surface area contributed by atoms with Gasteiger partial charge >= 0.3 is 6.72 Å². The number of hydrogen-bond donors (Lipinski definition) is 4. The highest BCUT2D eigenvalue weighted by Crippen LogP contribution is 2.53. The number of aliphatic hydroxyl groups is 1. The molecular formula is C10H11BrN5O6PS. The molecule has 0 aliphatic carbocycles. The lowest BCUT2D eigenvalue weighted by Gasteiger charge is -2.30. The van der Waals surface area contributed by atoms with Gasteiger partial charge in [-0.25, -0.2) is 4.98 Å². The van der Waals surface area contributed by atoms with Gasteiger partial charge in [-0.2, -0.15) is 4.98 Å². The SMILES string of the molecule is Nc1nc2c(nc(Br)n2[C@@H]2O[C@@H]3COP(O)(=S)O[C@H]3[C@H]2O)c(=O)[nH]1. The number of nitrogens with two attached hydrogens (primary N) is 1. The monoisotopic (exact) mass is 439 g/mol. The predicted molar refractivity (Wildman–Crippen MR) is 87.5 cm³/mol. The average molecular weight is 440 g/mol.